The number of H-pyrrole nitrogens is 1. The lowest BCUT2D eigenvalue weighted by molar-refractivity contribution is 1.08. The fourth-order valence-electron chi connectivity index (χ4n) is 11.8. The SMILES string of the molecule is Clc1nc2ccccc2nc1-c1ccccc1.c1ccc(-c2nc3ccccc3nc2-n2c3ccccc3c3ccc4c5ccc6ccccc6c5sc4c32)cc1.c1ccc2c(c1)ccc1c3ccc4c5ccccc5[nH]c4c3sc21. The molecule has 0 aliphatic carbocycles. The minimum Gasteiger partial charge on any atom is -0.353 e. The highest BCUT2D eigenvalue weighted by molar-refractivity contribution is 7.28. The van der Waals surface area contributed by atoms with Crippen LogP contribution in [0.3, 0.4) is 0 Å². The number of rotatable bonds is 3. The molecule has 9 heteroatoms. The van der Waals surface area contributed by atoms with Crippen LogP contribution in [-0.4, -0.2) is 29.5 Å². The van der Waals surface area contributed by atoms with E-state index in [1.165, 1.54) is 100.0 Å². The van der Waals surface area contributed by atoms with Crippen molar-refractivity contribution in [1.82, 2.24) is 29.5 Å². The van der Waals surface area contributed by atoms with Gasteiger partial charge in [0.2, 0.25) is 0 Å². The van der Waals surface area contributed by atoms with E-state index >= 15 is 0 Å². The Labute approximate surface area is 476 Å². The molecule has 0 fully saturated rings. The van der Waals surface area contributed by atoms with E-state index in [0.717, 1.165) is 55.9 Å². The van der Waals surface area contributed by atoms with E-state index in [2.05, 4.69) is 195 Å². The molecule has 1 N–H and O–H groups in total. The maximum atomic E-state index is 6.16. The van der Waals surface area contributed by atoms with Gasteiger partial charge < -0.3 is 4.98 Å². The van der Waals surface area contributed by atoms with Crippen LogP contribution in [0, 0.1) is 0 Å². The number of aromatic amines is 1. The van der Waals surface area contributed by atoms with Gasteiger partial charge in [-0.3, -0.25) is 4.57 Å². The van der Waals surface area contributed by atoms with Gasteiger partial charge >= 0.3 is 0 Å². The van der Waals surface area contributed by atoms with Crippen molar-refractivity contribution in [2.75, 3.05) is 0 Å². The molecular weight excluding hydrogens is 1050 g/mol. The molecule has 0 atom stereocenters. The average Bonchev–Trinajstić information content (AvgIpc) is 4.49. The van der Waals surface area contributed by atoms with Gasteiger partial charge in [0.05, 0.1) is 48.0 Å². The van der Waals surface area contributed by atoms with Crippen LogP contribution in [0.1, 0.15) is 0 Å². The molecule has 6 heterocycles. The predicted molar refractivity (Wildman–Crippen MR) is 346 cm³/mol. The van der Waals surface area contributed by atoms with Crippen LogP contribution in [-0.2, 0) is 0 Å². The number of nitrogens with zero attached hydrogens (tertiary/aromatic N) is 5. The van der Waals surface area contributed by atoms with E-state index in [1.807, 2.05) is 102 Å². The Morgan fingerprint density at radius 3 is 1.42 bits per heavy atom. The van der Waals surface area contributed by atoms with Gasteiger partial charge in [-0.05, 0) is 57.9 Å². The average molecular weight is 1090 g/mol. The van der Waals surface area contributed by atoms with Crippen LogP contribution >= 0.6 is 34.3 Å². The van der Waals surface area contributed by atoms with Gasteiger partial charge in [0.15, 0.2) is 11.0 Å². The summed E-state index contributed by atoms with van der Waals surface area (Å²) >= 11 is 9.95. The molecule has 380 valence electrons. The van der Waals surface area contributed by atoms with Gasteiger partial charge in [-0.25, -0.2) is 19.9 Å². The van der Waals surface area contributed by atoms with Crippen molar-refractivity contribution in [3.05, 3.63) is 260 Å². The quantitative estimate of drug-likeness (QED) is 0.191. The van der Waals surface area contributed by atoms with Crippen LogP contribution in [0.25, 0.3) is 156 Å². The Morgan fingerprint density at radius 1 is 0.321 bits per heavy atom. The lowest BCUT2D eigenvalue weighted by atomic mass is 10.0. The summed E-state index contributed by atoms with van der Waals surface area (Å²) in [5.74, 6) is 0.853. The van der Waals surface area contributed by atoms with Crippen LogP contribution in [0.15, 0.2) is 255 Å². The lowest BCUT2D eigenvalue weighted by Gasteiger charge is -2.14. The first-order chi connectivity index (χ1) is 40.1. The molecule has 0 radical (unpaired) electrons. The van der Waals surface area contributed by atoms with Crippen LogP contribution in [0.4, 0.5) is 0 Å². The van der Waals surface area contributed by atoms with E-state index < -0.39 is 0 Å². The molecular formula is C72H43ClN6S2. The van der Waals surface area contributed by atoms with E-state index in [4.69, 9.17) is 21.6 Å². The fourth-order valence-corrected chi connectivity index (χ4v) is 14.8. The van der Waals surface area contributed by atoms with Crippen molar-refractivity contribution in [3.63, 3.8) is 0 Å². The van der Waals surface area contributed by atoms with Gasteiger partial charge in [0.1, 0.15) is 11.4 Å². The number of aromatic nitrogens is 6. The molecule has 0 unspecified atom stereocenters. The van der Waals surface area contributed by atoms with E-state index in [0.29, 0.717) is 5.15 Å². The molecule has 0 saturated carbocycles. The summed E-state index contributed by atoms with van der Waals surface area (Å²) < 4.78 is 7.69. The zero-order valence-corrected chi connectivity index (χ0v) is 45.6. The van der Waals surface area contributed by atoms with Crippen LogP contribution < -0.4 is 0 Å². The summed E-state index contributed by atoms with van der Waals surface area (Å²) in [5.41, 5.74) is 11.9. The summed E-state index contributed by atoms with van der Waals surface area (Å²) in [6, 6.07) is 88.8. The van der Waals surface area contributed by atoms with Crippen molar-refractivity contribution >= 4 is 162 Å². The highest BCUT2D eigenvalue weighted by atomic mass is 35.5. The monoisotopic (exact) mass is 1090 g/mol. The summed E-state index contributed by atoms with van der Waals surface area (Å²) in [6.45, 7) is 0. The predicted octanol–water partition coefficient (Wildman–Crippen LogP) is 20.7. The zero-order valence-electron chi connectivity index (χ0n) is 43.2. The summed E-state index contributed by atoms with van der Waals surface area (Å²) in [6.07, 6.45) is 0. The molecule has 0 aliphatic rings. The van der Waals surface area contributed by atoms with Gasteiger partial charge in [0.25, 0.3) is 0 Å². The van der Waals surface area contributed by atoms with Crippen molar-refractivity contribution in [3.8, 4) is 28.3 Å². The third-order valence-corrected chi connectivity index (χ3v) is 18.4. The van der Waals surface area contributed by atoms with Gasteiger partial charge in [-0.1, -0.05) is 230 Å². The Morgan fingerprint density at radius 2 is 0.765 bits per heavy atom. The first-order valence-corrected chi connectivity index (χ1v) is 28.9. The second-order valence-electron chi connectivity index (χ2n) is 20.2. The Balaban J connectivity index is 0.000000112. The third kappa shape index (κ3) is 7.82. The Bertz CT molecular complexity index is 5510. The fraction of sp³-hybridized carbons (Fsp3) is 0. The number of thiophene rings is 2. The molecule has 6 aromatic heterocycles. The number of nitrogens with one attached hydrogen (secondary N) is 1. The highest BCUT2D eigenvalue weighted by Crippen LogP contribution is 2.47. The zero-order chi connectivity index (χ0) is 53.5. The number of para-hydroxylation sites is 6. The summed E-state index contributed by atoms with van der Waals surface area (Å²) in [5, 5.41) is 16.0. The van der Waals surface area contributed by atoms with Crippen molar-refractivity contribution in [2.45, 2.75) is 0 Å². The molecule has 0 saturated heterocycles. The van der Waals surface area contributed by atoms with E-state index in [-0.39, 0.29) is 0 Å². The minimum atomic E-state index is 0.440. The largest absolute Gasteiger partial charge is 0.353 e. The van der Waals surface area contributed by atoms with Gasteiger partial charge in [0, 0.05) is 69.1 Å². The third-order valence-electron chi connectivity index (χ3n) is 15.6. The molecule has 0 aliphatic heterocycles. The summed E-state index contributed by atoms with van der Waals surface area (Å²) in [4.78, 5) is 23.1. The highest BCUT2D eigenvalue weighted by Gasteiger charge is 2.23. The molecule has 0 amide bonds. The number of hydrogen-bond donors (Lipinski definition) is 1. The maximum Gasteiger partial charge on any atom is 0.165 e. The Hall–Kier alpha value is -9.83. The van der Waals surface area contributed by atoms with E-state index in [1.54, 1.807) is 0 Å². The maximum absolute atomic E-state index is 6.16. The molecule has 0 bridgehead atoms. The second kappa shape index (κ2) is 19.2. The first-order valence-electron chi connectivity index (χ1n) is 26.9. The number of hydrogen-bond acceptors (Lipinski definition) is 6. The standard InChI is InChI=1S/C36H21N3S.C22H13NS.C14H9ClN2/c1-2-11-23(12-3-1)32-36(38-30-16-8-7-15-29(30)37-32)39-31-17-9-6-14-25(31)26-20-21-28-27-19-18-22-10-4-5-13-24(22)34(27)40-35(28)33(26)39;1-2-6-14-13(5-1)9-10-17-18-12-11-16-15-7-3-4-8-19(15)23-20(16)22(18)24-21(14)17;15-14-13(10-6-2-1-3-7-10)16-11-8-4-5-9-12(11)17-14/h1-21H;1-12,23H;1-9H. The van der Waals surface area contributed by atoms with Gasteiger partial charge in [-0.15, -0.1) is 22.7 Å². The normalized spacial score (nSPS) is 11.8. The van der Waals surface area contributed by atoms with Crippen LogP contribution in [0.2, 0.25) is 5.15 Å². The van der Waals surface area contributed by atoms with Crippen LogP contribution in [0.5, 0.6) is 0 Å². The molecule has 81 heavy (non-hydrogen) atoms. The number of benzene rings is 12. The topological polar surface area (TPSA) is 72.3 Å². The summed E-state index contributed by atoms with van der Waals surface area (Å²) in [7, 11) is 0. The lowest BCUT2D eigenvalue weighted by Crippen LogP contribution is -2.03. The Kier molecular flexibility index (Phi) is 11.2. The molecule has 18 aromatic rings. The molecule has 12 aromatic carbocycles. The molecule has 6 nitrogen and oxygen atoms in total. The molecule has 0 spiro atoms. The smallest absolute Gasteiger partial charge is 0.165 e. The molecule has 18 rings (SSSR count). The van der Waals surface area contributed by atoms with Gasteiger partial charge in [-0.2, -0.15) is 0 Å². The van der Waals surface area contributed by atoms with Crippen molar-refractivity contribution in [1.29, 1.82) is 0 Å². The van der Waals surface area contributed by atoms with Crippen molar-refractivity contribution in [2.24, 2.45) is 0 Å². The number of halogens is 1. The number of fused-ring (bicyclic) bond motifs is 20. The minimum absolute atomic E-state index is 0.440. The van der Waals surface area contributed by atoms with E-state index in [9.17, 15) is 0 Å². The second-order valence-corrected chi connectivity index (χ2v) is 22.6. The first kappa shape index (κ1) is 47.2. The van der Waals surface area contributed by atoms with Crippen molar-refractivity contribution < 1.29 is 0 Å².